The molecule has 0 bridgehead atoms. The van der Waals surface area contributed by atoms with Crippen molar-refractivity contribution in [3.63, 3.8) is 0 Å². The number of imidazole rings is 1. The summed E-state index contributed by atoms with van der Waals surface area (Å²) in [6.45, 7) is 4.20. The fraction of sp³-hybridized carbons (Fsp3) is 0.500. The molecule has 0 saturated heterocycles. The van der Waals surface area contributed by atoms with Crippen LogP contribution in [0.4, 0.5) is 0 Å². The lowest BCUT2D eigenvalue weighted by atomic mass is 10.1. The lowest BCUT2D eigenvalue weighted by molar-refractivity contribution is 0.213. The Bertz CT molecular complexity index is 641. The van der Waals surface area contributed by atoms with E-state index in [2.05, 4.69) is 35.8 Å². The quantitative estimate of drug-likeness (QED) is 0.844. The molecule has 0 radical (unpaired) electrons. The number of hydrogen-bond donors (Lipinski definition) is 1. The van der Waals surface area contributed by atoms with E-state index < -0.39 is 0 Å². The molecule has 0 fully saturated rings. The van der Waals surface area contributed by atoms with Gasteiger partial charge in [-0.05, 0) is 31.2 Å². The molecule has 21 heavy (non-hydrogen) atoms. The molecule has 1 heterocycles. The van der Waals surface area contributed by atoms with Gasteiger partial charge in [-0.3, -0.25) is 4.90 Å². The third-order valence-electron chi connectivity index (χ3n) is 3.64. The second-order valence-electron chi connectivity index (χ2n) is 5.23. The number of benzene rings is 1. The summed E-state index contributed by atoms with van der Waals surface area (Å²) >= 11 is 0. The maximum Gasteiger partial charge on any atom is 0.124 e. The minimum atomic E-state index is 0.134. The topological polar surface area (TPSA) is 65.1 Å². The largest absolute Gasteiger partial charge is 0.395 e. The minimum Gasteiger partial charge on any atom is -0.395 e. The van der Waals surface area contributed by atoms with Crippen LogP contribution in [0.15, 0.2) is 18.2 Å². The molecule has 0 saturated carbocycles. The lowest BCUT2D eigenvalue weighted by Crippen LogP contribution is -2.23. The Hall–Kier alpha value is -1.90. The highest BCUT2D eigenvalue weighted by Crippen LogP contribution is 2.20. The number of aryl methyl sites for hydroxylation is 2. The molecule has 0 aliphatic heterocycles. The number of fused-ring (bicyclic) bond motifs is 1. The third kappa shape index (κ3) is 3.60. The number of nitrogens with zero attached hydrogens (tertiary/aromatic N) is 4. The molecule has 0 aliphatic rings. The Balaban J connectivity index is 2.38. The van der Waals surface area contributed by atoms with Gasteiger partial charge in [0.25, 0.3) is 0 Å². The number of aromatic nitrogens is 2. The van der Waals surface area contributed by atoms with E-state index in [-0.39, 0.29) is 6.61 Å². The third-order valence-corrected chi connectivity index (χ3v) is 3.64. The molecule has 0 unspecified atom stereocenters. The first-order valence-electron chi connectivity index (χ1n) is 7.34. The zero-order valence-corrected chi connectivity index (χ0v) is 12.7. The van der Waals surface area contributed by atoms with E-state index in [1.165, 1.54) is 5.56 Å². The summed E-state index contributed by atoms with van der Waals surface area (Å²) in [4.78, 5) is 6.76. The summed E-state index contributed by atoms with van der Waals surface area (Å²) in [6.07, 6.45) is 1.46. The number of rotatable bonds is 7. The van der Waals surface area contributed by atoms with Crippen molar-refractivity contribution < 1.29 is 5.11 Å². The molecule has 0 amide bonds. The molecule has 1 N–H and O–H groups in total. The van der Waals surface area contributed by atoms with Gasteiger partial charge in [-0.15, -0.1) is 0 Å². The van der Waals surface area contributed by atoms with Gasteiger partial charge in [0.05, 0.1) is 36.7 Å². The first-order chi connectivity index (χ1) is 10.2. The average Bonchev–Trinajstić information content (AvgIpc) is 2.81. The Kier molecular flexibility index (Phi) is 5.32. The molecule has 0 aliphatic carbocycles. The second-order valence-corrected chi connectivity index (χ2v) is 5.23. The Morgan fingerprint density at radius 3 is 2.90 bits per heavy atom. The number of likely N-dealkylation sites (N-methyl/N-ethyl adjacent to an activating group) is 1. The van der Waals surface area contributed by atoms with Crippen LogP contribution in [-0.4, -0.2) is 39.8 Å². The van der Waals surface area contributed by atoms with Crippen molar-refractivity contribution in [1.82, 2.24) is 14.5 Å². The number of aliphatic hydroxyl groups is 1. The standard InChI is InChI=1S/C16H22N4O/c1-3-13-5-6-15-14(11-13)18-16(12-19(2)9-10-21)20(15)8-4-7-17/h5-6,11,21H,3-4,8-10,12H2,1-2H3. The van der Waals surface area contributed by atoms with Crippen molar-refractivity contribution in [2.24, 2.45) is 0 Å². The molecule has 2 aromatic rings. The maximum absolute atomic E-state index is 9.02. The summed E-state index contributed by atoms with van der Waals surface area (Å²) in [5, 5.41) is 17.9. The van der Waals surface area contributed by atoms with Crippen LogP contribution in [0, 0.1) is 11.3 Å². The zero-order valence-electron chi connectivity index (χ0n) is 12.7. The minimum absolute atomic E-state index is 0.134. The van der Waals surface area contributed by atoms with Crippen LogP contribution in [0.5, 0.6) is 0 Å². The fourth-order valence-electron chi connectivity index (χ4n) is 2.47. The van der Waals surface area contributed by atoms with E-state index in [1.54, 1.807) is 0 Å². The first kappa shape index (κ1) is 15.5. The number of hydrogen-bond acceptors (Lipinski definition) is 4. The molecule has 0 atom stereocenters. The Morgan fingerprint density at radius 1 is 1.43 bits per heavy atom. The van der Waals surface area contributed by atoms with Crippen LogP contribution in [0.1, 0.15) is 24.7 Å². The first-order valence-corrected chi connectivity index (χ1v) is 7.34. The van der Waals surface area contributed by atoms with Crippen LogP contribution in [0.2, 0.25) is 0 Å². The van der Waals surface area contributed by atoms with Crippen molar-refractivity contribution in [1.29, 1.82) is 5.26 Å². The summed E-state index contributed by atoms with van der Waals surface area (Å²) in [5.74, 6) is 0.949. The van der Waals surface area contributed by atoms with Crippen molar-refractivity contribution in [3.8, 4) is 6.07 Å². The monoisotopic (exact) mass is 286 g/mol. The smallest absolute Gasteiger partial charge is 0.124 e. The van der Waals surface area contributed by atoms with E-state index in [4.69, 9.17) is 15.4 Å². The summed E-state index contributed by atoms with van der Waals surface area (Å²) in [5.41, 5.74) is 3.33. The van der Waals surface area contributed by atoms with Gasteiger partial charge in [0, 0.05) is 13.1 Å². The Labute approximate surface area is 125 Å². The van der Waals surface area contributed by atoms with E-state index in [9.17, 15) is 0 Å². The van der Waals surface area contributed by atoms with E-state index in [0.717, 1.165) is 23.3 Å². The molecule has 2 rings (SSSR count). The summed E-state index contributed by atoms with van der Waals surface area (Å²) in [6, 6.07) is 8.53. The van der Waals surface area contributed by atoms with Crippen LogP contribution in [0.3, 0.4) is 0 Å². The van der Waals surface area contributed by atoms with Gasteiger partial charge in [0.15, 0.2) is 0 Å². The highest BCUT2D eigenvalue weighted by Gasteiger charge is 2.12. The van der Waals surface area contributed by atoms with Crippen molar-refractivity contribution >= 4 is 11.0 Å². The van der Waals surface area contributed by atoms with Crippen LogP contribution >= 0.6 is 0 Å². The zero-order chi connectivity index (χ0) is 15.2. The maximum atomic E-state index is 9.02. The highest BCUT2D eigenvalue weighted by atomic mass is 16.3. The van der Waals surface area contributed by atoms with Crippen LogP contribution in [0.25, 0.3) is 11.0 Å². The molecular formula is C16H22N4O. The molecule has 5 heteroatoms. The average molecular weight is 286 g/mol. The predicted molar refractivity (Wildman–Crippen MR) is 82.8 cm³/mol. The van der Waals surface area contributed by atoms with Gasteiger partial charge in [-0.2, -0.15) is 5.26 Å². The van der Waals surface area contributed by atoms with Crippen LogP contribution in [-0.2, 0) is 19.5 Å². The molecule has 1 aromatic carbocycles. The normalized spacial score (nSPS) is 11.2. The van der Waals surface area contributed by atoms with Gasteiger partial charge < -0.3 is 9.67 Å². The van der Waals surface area contributed by atoms with E-state index in [0.29, 0.717) is 26.1 Å². The molecular weight excluding hydrogens is 264 g/mol. The predicted octanol–water partition coefficient (Wildman–Crippen LogP) is 1.94. The fourth-order valence-corrected chi connectivity index (χ4v) is 2.47. The van der Waals surface area contributed by atoms with Gasteiger partial charge in [-0.25, -0.2) is 4.98 Å². The Morgan fingerprint density at radius 2 is 2.24 bits per heavy atom. The second kappa shape index (κ2) is 7.21. The van der Waals surface area contributed by atoms with E-state index in [1.807, 2.05) is 11.9 Å². The van der Waals surface area contributed by atoms with Gasteiger partial charge in [0.1, 0.15) is 5.82 Å². The molecule has 5 nitrogen and oxygen atoms in total. The molecule has 1 aromatic heterocycles. The highest BCUT2D eigenvalue weighted by molar-refractivity contribution is 5.77. The number of nitriles is 1. The molecule has 0 spiro atoms. The lowest BCUT2D eigenvalue weighted by Gasteiger charge is -2.15. The summed E-state index contributed by atoms with van der Waals surface area (Å²) in [7, 11) is 1.96. The van der Waals surface area contributed by atoms with Gasteiger partial charge in [-0.1, -0.05) is 13.0 Å². The van der Waals surface area contributed by atoms with Crippen molar-refractivity contribution in [2.75, 3.05) is 20.2 Å². The van der Waals surface area contributed by atoms with E-state index >= 15 is 0 Å². The summed E-state index contributed by atoms with van der Waals surface area (Å²) < 4.78 is 2.12. The SMILES string of the molecule is CCc1ccc2c(c1)nc(CN(C)CCO)n2CCC#N. The van der Waals surface area contributed by atoms with Crippen LogP contribution < -0.4 is 0 Å². The molecule has 112 valence electrons. The van der Waals surface area contributed by atoms with Crippen molar-refractivity contribution in [2.45, 2.75) is 32.9 Å². The number of aliphatic hydroxyl groups excluding tert-OH is 1. The van der Waals surface area contributed by atoms with Crippen molar-refractivity contribution in [3.05, 3.63) is 29.6 Å². The van der Waals surface area contributed by atoms with Gasteiger partial charge >= 0.3 is 0 Å². The van der Waals surface area contributed by atoms with Gasteiger partial charge in [0.2, 0.25) is 0 Å².